The maximum Gasteiger partial charge on any atom is 0.271 e. The molecule has 0 aromatic carbocycles. The lowest BCUT2D eigenvalue weighted by molar-refractivity contribution is 0.405. The molecule has 3 rings (SSSR count). The van der Waals surface area contributed by atoms with Crippen molar-refractivity contribution in [2.45, 2.75) is 52.0 Å². The second kappa shape index (κ2) is 6.66. The molecule has 1 unspecified atom stereocenters. The van der Waals surface area contributed by atoms with Crippen LogP contribution in [0.5, 0.6) is 0 Å². The van der Waals surface area contributed by atoms with Crippen LogP contribution in [0.15, 0.2) is 23.4 Å². The fraction of sp³-hybridized carbons (Fsp3) is 0.471. The first-order chi connectivity index (χ1) is 11.2. The number of aromatic nitrogens is 3. The summed E-state index contributed by atoms with van der Waals surface area (Å²) in [6.45, 7) is 4.33. The number of nitrogens with two attached hydrogens (primary N) is 1. The van der Waals surface area contributed by atoms with Crippen molar-refractivity contribution in [3.63, 3.8) is 0 Å². The average Bonchev–Trinajstić information content (AvgIpc) is 2.93. The summed E-state index contributed by atoms with van der Waals surface area (Å²) in [5, 5.41) is 0.803. The van der Waals surface area contributed by atoms with E-state index in [9.17, 15) is 4.79 Å². The summed E-state index contributed by atoms with van der Waals surface area (Å²) in [5.74, 6) is 0. The van der Waals surface area contributed by atoms with E-state index in [-0.39, 0.29) is 11.6 Å². The van der Waals surface area contributed by atoms with E-state index >= 15 is 0 Å². The molecule has 6 heteroatoms. The van der Waals surface area contributed by atoms with Gasteiger partial charge in [0, 0.05) is 17.9 Å². The standard InChI is InChI=1S/C17H22N4OS/c1-3-5-7-11(6-4-2)21-10-20-14-13-12(18)8-9-19-16(13)23-15(14)17(21)22/h8-11H,3-7H2,1-2H3,(H2,18,19). The molecule has 0 bridgehead atoms. The highest BCUT2D eigenvalue weighted by Gasteiger charge is 2.18. The van der Waals surface area contributed by atoms with Gasteiger partial charge in [0.1, 0.15) is 9.53 Å². The summed E-state index contributed by atoms with van der Waals surface area (Å²) in [5.41, 5.74) is 7.39. The lowest BCUT2D eigenvalue weighted by Crippen LogP contribution is -2.24. The smallest absolute Gasteiger partial charge is 0.271 e. The number of rotatable bonds is 6. The number of hydrogen-bond acceptors (Lipinski definition) is 5. The summed E-state index contributed by atoms with van der Waals surface area (Å²) in [6.07, 6.45) is 8.69. The van der Waals surface area contributed by atoms with Gasteiger partial charge in [0.05, 0.1) is 17.2 Å². The summed E-state index contributed by atoms with van der Waals surface area (Å²) in [4.78, 5) is 22.6. The zero-order chi connectivity index (χ0) is 16.4. The molecule has 0 radical (unpaired) electrons. The number of pyridine rings is 1. The van der Waals surface area contributed by atoms with Crippen LogP contribution in [0.1, 0.15) is 52.0 Å². The molecule has 3 aromatic heterocycles. The summed E-state index contributed by atoms with van der Waals surface area (Å²) < 4.78 is 2.47. The van der Waals surface area contributed by atoms with E-state index in [2.05, 4.69) is 23.8 Å². The minimum atomic E-state index is 0.0342. The van der Waals surface area contributed by atoms with Gasteiger partial charge < -0.3 is 5.73 Å². The van der Waals surface area contributed by atoms with Crippen LogP contribution in [-0.2, 0) is 0 Å². The molecule has 0 saturated heterocycles. The van der Waals surface area contributed by atoms with Crippen molar-refractivity contribution in [1.82, 2.24) is 14.5 Å². The van der Waals surface area contributed by atoms with Gasteiger partial charge in [-0.2, -0.15) is 0 Å². The van der Waals surface area contributed by atoms with Crippen molar-refractivity contribution in [3.05, 3.63) is 28.9 Å². The van der Waals surface area contributed by atoms with Gasteiger partial charge in [-0.3, -0.25) is 9.36 Å². The zero-order valence-corrected chi connectivity index (χ0v) is 14.4. The second-order valence-corrected chi connectivity index (χ2v) is 6.90. The van der Waals surface area contributed by atoms with Gasteiger partial charge in [-0.05, 0) is 18.9 Å². The Bertz CT molecular complexity index is 883. The van der Waals surface area contributed by atoms with E-state index < -0.39 is 0 Å². The van der Waals surface area contributed by atoms with Crippen LogP contribution in [0.2, 0.25) is 0 Å². The number of anilines is 1. The summed E-state index contributed by atoms with van der Waals surface area (Å²) in [6, 6.07) is 1.97. The van der Waals surface area contributed by atoms with E-state index in [1.165, 1.54) is 11.3 Å². The molecule has 5 nitrogen and oxygen atoms in total. The van der Waals surface area contributed by atoms with Crippen molar-refractivity contribution >= 4 is 37.5 Å². The largest absolute Gasteiger partial charge is 0.398 e. The van der Waals surface area contributed by atoms with E-state index in [4.69, 9.17) is 5.73 Å². The van der Waals surface area contributed by atoms with Crippen molar-refractivity contribution in [2.24, 2.45) is 0 Å². The molecule has 3 heterocycles. The van der Waals surface area contributed by atoms with Crippen LogP contribution in [0.4, 0.5) is 5.69 Å². The van der Waals surface area contributed by atoms with Gasteiger partial charge in [0.25, 0.3) is 5.56 Å². The number of hydrogen-bond donors (Lipinski definition) is 1. The molecule has 0 aliphatic rings. The van der Waals surface area contributed by atoms with Gasteiger partial charge >= 0.3 is 0 Å². The molecule has 0 fully saturated rings. The lowest BCUT2D eigenvalue weighted by atomic mass is 10.1. The number of fused-ring (bicyclic) bond motifs is 3. The first-order valence-electron chi connectivity index (χ1n) is 8.21. The molecule has 0 aliphatic carbocycles. The van der Waals surface area contributed by atoms with Gasteiger partial charge in [0.2, 0.25) is 0 Å². The Labute approximate surface area is 139 Å². The third-order valence-corrected chi connectivity index (χ3v) is 5.32. The third kappa shape index (κ3) is 2.83. The quantitative estimate of drug-likeness (QED) is 0.738. The van der Waals surface area contributed by atoms with Crippen LogP contribution in [0.3, 0.4) is 0 Å². The highest BCUT2D eigenvalue weighted by atomic mass is 32.1. The van der Waals surface area contributed by atoms with Gasteiger partial charge in [-0.25, -0.2) is 9.97 Å². The molecule has 0 spiro atoms. The fourth-order valence-corrected chi connectivity index (χ4v) is 4.11. The maximum absolute atomic E-state index is 13.0. The number of nitrogen functional groups attached to an aromatic ring is 1. The predicted octanol–water partition coefficient (Wildman–Crippen LogP) is 4.12. The van der Waals surface area contributed by atoms with Gasteiger partial charge in [0.15, 0.2) is 0 Å². The van der Waals surface area contributed by atoms with E-state index in [0.29, 0.717) is 15.9 Å². The molecule has 1 atom stereocenters. The molecule has 0 saturated carbocycles. The molecular formula is C17H22N4OS. The Morgan fingerprint density at radius 1 is 1.26 bits per heavy atom. The van der Waals surface area contributed by atoms with E-state index in [1.807, 2.05) is 4.57 Å². The Hall–Kier alpha value is -1.95. The molecule has 122 valence electrons. The molecular weight excluding hydrogens is 308 g/mol. The first kappa shape index (κ1) is 15.9. The summed E-state index contributed by atoms with van der Waals surface area (Å²) >= 11 is 1.39. The predicted molar refractivity (Wildman–Crippen MR) is 97.1 cm³/mol. The Balaban J connectivity index is 2.16. The van der Waals surface area contributed by atoms with Crippen molar-refractivity contribution < 1.29 is 0 Å². The highest BCUT2D eigenvalue weighted by molar-refractivity contribution is 7.25. The molecule has 0 amide bonds. The number of nitrogens with zero attached hydrogens (tertiary/aromatic N) is 3. The number of unbranched alkanes of at least 4 members (excludes halogenated alkanes) is 1. The van der Waals surface area contributed by atoms with Gasteiger partial charge in [-0.15, -0.1) is 11.3 Å². The van der Waals surface area contributed by atoms with Crippen LogP contribution in [0.25, 0.3) is 20.4 Å². The van der Waals surface area contributed by atoms with Crippen molar-refractivity contribution in [2.75, 3.05) is 5.73 Å². The van der Waals surface area contributed by atoms with Crippen LogP contribution in [-0.4, -0.2) is 14.5 Å². The van der Waals surface area contributed by atoms with Crippen LogP contribution < -0.4 is 11.3 Å². The number of thiophene rings is 1. The Morgan fingerprint density at radius 3 is 2.83 bits per heavy atom. The summed E-state index contributed by atoms with van der Waals surface area (Å²) in [7, 11) is 0. The van der Waals surface area contributed by atoms with Crippen LogP contribution >= 0.6 is 11.3 Å². The van der Waals surface area contributed by atoms with E-state index in [0.717, 1.165) is 42.3 Å². The highest BCUT2D eigenvalue weighted by Crippen LogP contribution is 2.33. The first-order valence-corrected chi connectivity index (χ1v) is 9.02. The molecule has 23 heavy (non-hydrogen) atoms. The minimum Gasteiger partial charge on any atom is -0.398 e. The van der Waals surface area contributed by atoms with Gasteiger partial charge in [-0.1, -0.05) is 33.1 Å². The normalized spacial score (nSPS) is 13.0. The second-order valence-electron chi connectivity index (χ2n) is 5.90. The topological polar surface area (TPSA) is 73.8 Å². The Kier molecular flexibility index (Phi) is 4.61. The monoisotopic (exact) mass is 330 g/mol. The molecule has 3 aromatic rings. The Morgan fingerprint density at radius 2 is 2.09 bits per heavy atom. The van der Waals surface area contributed by atoms with E-state index in [1.54, 1.807) is 18.6 Å². The maximum atomic E-state index is 13.0. The van der Waals surface area contributed by atoms with Crippen molar-refractivity contribution in [1.29, 1.82) is 0 Å². The fourth-order valence-electron chi connectivity index (χ4n) is 3.04. The zero-order valence-electron chi connectivity index (χ0n) is 13.6. The molecule has 0 aliphatic heterocycles. The molecule has 2 N–H and O–H groups in total. The minimum absolute atomic E-state index is 0.0342. The van der Waals surface area contributed by atoms with Crippen molar-refractivity contribution in [3.8, 4) is 0 Å². The lowest BCUT2D eigenvalue weighted by Gasteiger charge is -2.18. The third-order valence-electron chi connectivity index (χ3n) is 4.25. The average molecular weight is 330 g/mol. The SMILES string of the molecule is CCCCC(CCC)n1cnc2c(sc3nccc(N)c32)c1=O. The van der Waals surface area contributed by atoms with Crippen LogP contribution in [0, 0.1) is 0 Å².